The number of nitrogens with zero attached hydrogens (tertiary/aromatic N) is 3. The Morgan fingerprint density at radius 3 is 2.93 bits per heavy atom. The van der Waals surface area contributed by atoms with E-state index in [4.69, 9.17) is 5.73 Å². The van der Waals surface area contributed by atoms with E-state index in [0.717, 1.165) is 15.1 Å². The molecule has 0 aliphatic carbocycles. The van der Waals surface area contributed by atoms with Gasteiger partial charge in [0.15, 0.2) is 10.3 Å². The average Bonchev–Trinajstić information content (AvgIpc) is 2.51. The highest BCUT2D eigenvalue weighted by molar-refractivity contribution is 8.01. The predicted molar refractivity (Wildman–Crippen MR) is 57.4 cm³/mol. The van der Waals surface area contributed by atoms with Crippen LogP contribution in [-0.2, 0) is 0 Å². The van der Waals surface area contributed by atoms with E-state index in [1.807, 2.05) is 13.0 Å². The molecule has 72 valence electrons. The van der Waals surface area contributed by atoms with E-state index in [0.29, 0.717) is 5.13 Å². The summed E-state index contributed by atoms with van der Waals surface area (Å²) in [4.78, 5) is 12.4. The molecular weight excluding hydrogens is 216 g/mol. The van der Waals surface area contributed by atoms with Crippen LogP contribution in [0.2, 0.25) is 0 Å². The lowest BCUT2D eigenvalue weighted by atomic mass is 10.5. The number of nitrogens with two attached hydrogens (primary N) is 1. The second-order valence-electron chi connectivity index (χ2n) is 2.60. The minimum atomic E-state index is 0.570. The number of anilines is 1. The summed E-state index contributed by atoms with van der Waals surface area (Å²) in [5.41, 5.74) is 6.47. The Morgan fingerprint density at radius 1 is 1.43 bits per heavy atom. The first kappa shape index (κ1) is 9.42. The molecule has 0 atom stereocenters. The number of nitrogen functional groups attached to an aromatic ring is 1. The van der Waals surface area contributed by atoms with Crippen molar-refractivity contribution in [3.8, 4) is 0 Å². The van der Waals surface area contributed by atoms with Crippen LogP contribution in [0.1, 0.15) is 5.69 Å². The van der Waals surface area contributed by atoms with Gasteiger partial charge in [-0.2, -0.15) is 0 Å². The number of rotatable bonds is 2. The molecule has 14 heavy (non-hydrogen) atoms. The number of thiazole rings is 1. The van der Waals surface area contributed by atoms with Gasteiger partial charge in [-0.1, -0.05) is 11.3 Å². The van der Waals surface area contributed by atoms with Crippen LogP contribution in [0.4, 0.5) is 5.13 Å². The van der Waals surface area contributed by atoms with Crippen molar-refractivity contribution in [3.05, 3.63) is 24.2 Å². The zero-order chi connectivity index (χ0) is 9.97. The van der Waals surface area contributed by atoms with E-state index in [-0.39, 0.29) is 0 Å². The van der Waals surface area contributed by atoms with Crippen molar-refractivity contribution in [2.45, 2.75) is 16.3 Å². The predicted octanol–water partition coefficient (Wildman–Crippen LogP) is 1.97. The fraction of sp³-hybridized carbons (Fsp3) is 0.125. The zero-order valence-electron chi connectivity index (χ0n) is 7.47. The highest BCUT2D eigenvalue weighted by Crippen LogP contribution is 2.30. The molecule has 2 aromatic heterocycles. The Labute approximate surface area is 89.6 Å². The summed E-state index contributed by atoms with van der Waals surface area (Å²) >= 11 is 2.91. The van der Waals surface area contributed by atoms with Crippen molar-refractivity contribution < 1.29 is 0 Å². The first-order valence-electron chi connectivity index (χ1n) is 3.93. The smallest absolute Gasteiger partial charge is 0.193 e. The third-order valence-electron chi connectivity index (χ3n) is 1.47. The van der Waals surface area contributed by atoms with Crippen molar-refractivity contribution in [1.82, 2.24) is 15.0 Å². The molecule has 0 unspecified atom stereocenters. The van der Waals surface area contributed by atoms with E-state index in [1.54, 1.807) is 12.4 Å². The molecular formula is C8H8N4S2. The Balaban J connectivity index is 2.18. The fourth-order valence-corrected chi connectivity index (χ4v) is 2.54. The van der Waals surface area contributed by atoms with Crippen LogP contribution < -0.4 is 5.73 Å². The highest BCUT2D eigenvalue weighted by Gasteiger charge is 2.03. The summed E-state index contributed by atoms with van der Waals surface area (Å²) in [6.45, 7) is 1.94. The standard InChI is InChI=1S/C8H8N4S2/c1-5-2-3-10-8(12-5)14-6-4-11-7(9)13-6/h2-4H,1H3,(H2,9,11). The van der Waals surface area contributed by atoms with Crippen molar-refractivity contribution in [2.24, 2.45) is 0 Å². The topological polar surface area (TPSA) is 64.7 Å². The van der Waals surface area contributed by atoms with Gasteiger partial charge < -0.3 is 5.73 Å². The first-order chi connectivity index (χ1) is 6.74. The van der Waals surface area contributed by atoms with E-state index in [1.165, 1.54) is 23.1 Å². The molecule has 0 radical (unpaired) electrons. The van der Waals surface area contributed by atoms with Crippen LogP contribution in [0.5, 0.6) is 0 Å². The monoisotopic (exact) mass is 224 g/mol. The second kappa shape index (κ2) is 3.93. The Morgan fingerprint density at radius 2 is 2.29 bits per heavy atom. The number of hydrogen-bond acceptors (Lipinski definition) is 6. The molecule has 2 aromatic rings. The maximum Gasteiger partial charge on any atom is 0.193 e. The fourth-order valence-electron chi connectivity index (χ4n) is 0.884. The van der Waals surface area contributed by atoms with Crippen molar-refractivity contribution in [1.29, 1.82) is 0 Å². The van der Waals surface area contributed by atoms with Gasteiger partial charge in [-0.15, -0.1) is 0 Å². The number of hydrogen-bond donors (Lipinski definition) is 1. The number of aromatic nitrogens is 3. The summed E-state index contributed by atoms with van der Waals surface area (Å²) in [5.74, 6) is 0. The van der Waals surface area contributed by atoms with Crippen molar-refractivity contribution in [3.63, 3.8) is 0 Å². The lowest BCUT2D eigenvalue weighted by Gasteiger charge is -1.96. The molecule has 6 heteroatoms. The molecule has 0 spiro atoms. The molecule has 0 amide bonds. The molecule has 0 aliphatic heterocycles. The average molecular weight is 224 g/mol. The molecule has 0 saturated carbocycles. The van der Waals surface area contributed by atoms with E-state index in [2.05, 4.69) is 15.0 Å². The van der Waals surface area contributed by atoms with E-state index < -0.39 is 0 Å². The normalized spacial score (nSPS) is 10.4. The maximum absolute atomic E-state index is 5.52. The third-order valence-corrected chi connectivity index (χ3v) is 3.27. The van der Waals surface area contributed by atoms with Gasteiger partial charge in [0.05, 0.1) is 10.4 Å². The Bertz CT molecular complexity index is 440. The van der Waals surface area contributed by atoms with E-state index in [9.17, 15) is 0 Å². The SMILES string of the molecule is Cc1ccnc(Sc2cnc(N)s2)n1. The largest absolute Gasteiger partial charge is 0.375 e. The van der Waals surface area contributed by atoms with Gasteiger partial charge in [0, 0.05) is 11.9 Å². The van der Waals surface area contributed by atoms with Gasteiger partial charge in [-0.3, -0.25) is 0 Å². The van der Waals surface area contributed by atoms with Crippen LogP contribution in [-0.4, -0.2) is 15.0 Å². The molecule has 0 bridgehead atoms. The molecule has 2 N–H and O–H groups in total. The van der Waals surface area contributed by atoms with Gasteiger partial charge in [-0.05, 0) is 24.8 Å². The molecule has 0 saturated heterocycles. The van der Waals surface area contributed by atoms with Gasteiger partial charge >= 0.3 is 0 Å². The number of aryl methyl sites for hydroxylation is 1. The Hall–Kier alpha value is -1.14. The lowest BCUT2D eigenvalue weighted by Crippen LogP contribution is -1.86. The van der Waals surface area contributed by atoms with Crippen molar-refractivity contribution >= 4 is 28.2 Å². The molecule has 0 fully saturated rings. The first-order valence-corrected chi connectivity index (χ1v) is 5.56. The van der Waals surface area contributed by atoms with Gasteiger partial charge in [-0.25, -0.2) is 15.0 Å². The molecule has 2 rings (SSSR count). The minimum absolute atomic E-state index is 0.570. The summed E-state index contributed by atoms with van der Waals surface area (Å²) in [7, 11) is 0. The van der Waals surface area contributed by atoms with Gasteiger partial charge in [0.2, 0.25) is 0 Å². The van der Waals surface area contributed by atoms with E-state index >= 15 is 0 Å². The quantitative estimate of drug-likeness (QED) is 0.790. The highest BCUT2D eigenvalue weighted by atomic mass is 32.2. The van der Waals surface area contributed by atoms with Crippen LogP contribution in [0.15, 0.2) is 27.8 Å². The van der Waals surface area contributed by atoms with Crippen LogP contribution in [0.25, 0.3) is 0 Å². The summed E-state index contributed by atoms with van der Waals surface area (Å²) in [5, 5.41) is 1.30. The third kappa shape index (κ3) is 2.21. The van der Waals surface area contributed by atoms with Gasteiger partial charge in [0.25, 0.3) is 0 Å². The molecule has 4 nitrogen and oxygen atoms in total. The maximum atomic E-state index is 5.52. The minimum Gasteiger partial charge on any atom is -0.375 e. The molecule has 0 aliphatic rings. The molecule has 0 aromatic carbocycles. The van der Waals surface area contributed by atoms with Crippen molar-refractivity contribution in [2.75, 3.05) is 5.73 Å². The van der Waals surface area contributed by atoms with Crippen LogP contribution in [0.3, 0.4) is 0 Å². The van der Waals surface area contributed by atoms with Gasteiger partial charge in [0.1, 0.15) is 0 Å². The second-order valence-corrected chi connectivity index (χ2v) is 4.93. The van der Waals surface area contributed by atoms with Crippen LogP contribution >= 0.6 is 23.1 Å². The summed E-state index contributed by atoms with van der Waals surface area (Å²) < 4.78 is 1.01. The molecule has 2 heterocycles. The Kier molecular flexibility index (Phi) is 2.64. The lowest BCUT2D eigenvalue weighted by molar-refractivity contribution is 0.933. The zero-order valence-corrected chi connectivity index (χ0v) is 9.10. The summed E-state index contributed by atoms with van der Waals surface area (Å²) in [6, 6.07) is 1.87. The summed E-state index contributed by atoms with van der Waals surface area (Å²) in [6.07, 6.45) is 3.48. The van der Waals surface area contributed by atoms with Crippen LogP contribution in [0, 0.1) is 6.92 Å².